The molecule has 0 bridgehead atoms. The van der Waals surface area contributed by atoms with Gasteiger partial charge in [0.2, 0.25) is 0 Å². The van der Waals surface area contributed by atoms with Gasteiger partial charge in [0.15, 0.2) is 0 Å². The molecule has 1 aromatic rings. The van der Waals surface area contributed by atoms with Gasteiger partial charge in [-0.05, 0) is 19.9 Å². The van der Waals surface area contributed by atoms with Gasteiger partial charge in [-0.15, -0.1) is 0 Å². The second-order valence-electron chi connectivity index (χ2n) is 2.76. The first-order valence-electron chi connectivity index (χ1n) is 4.99. The van der Waals surface area contributed by atoms with E-state index in [1.165, 1.54) is 6.26 Å². The maximum atomic E-state index is 8.93. The van der Waals surface area contributed by atoms with Crippen molar-refractivity contribution in [1.82, 2.24) is 9.97 Å². The third-order valence-electron chi connectivity index (χ3n) is 1.67. The van der Waals surface area contributed by atoms with Crippen molar-refractivity contribution in [2.24, 2.45) is 0 Å². The Hall–Kier alpha value is -2.09. The Morgan fingerprint density at radius 1 is 1.50 bits per heavy atom. The van der Waals surface area contributed by atoms with Crippen molar-refractivity contribution in [3.05, 3.63) is 24.2 Å². The van der Waals surface area contributed by atoms with Crippen LogP contribution in [0.15, 0.2) is 18.5 Å². The highest BCUT2D eigenvalue weighted by atomic mass is 16.5. The number of hydrogen-bond acceptors (Lipinski definition) is 5. The van der Waals surface area contributed by atoms with Gasteiger partial charge in [0.05, 0.1) is 18.9 Å². The number of nitrogens with zero attached hydrogens (tertiary/aromatic N) is 3. The lowest BCUT2D eigenvalue weighted by Gasteiger charge is -2.02. The van der Waals surface area contributed by atoms with Crippen LogP contribution in [0.5, 0.6) is 6.01 Å². The third kappa shape index (κ3) is 3.24. The molecule has 0 saturated carbocycles. The molecular weight excluding hydrogens is 206 g/mol. The fourth-order valence-electron chi connectivity index (χ4n) is 1.00. The standard InChI is InChI=1S/C11H13N3O2/c1-3-15-8-9(7-12)10-5-6-13-11(14-10)16-4-2/h5-6,8H,3-4H2,1-2H3/b9-8-. The van der Waals surface area contributed by atoms with Gasteiger partial charge in [0.1, 0.15) is 17.9 Å². The molecule has 0 N–H and O–H groups in total. The van der Waals surface area contributed by atoms with E-state index in [4.69, 9.17) is 14.7 Å². The molecule has 0 aliphatic rings. The summed E-state index contributed by atoms with van der Waals surface area (Å²) in [6, 6.07) is 3.91. The van der Waals surface area contributed by atoms with Crippen molar-refractivity contribution in [2.75, 3.05) is 13.2 Å². The Morgan fingerprint density at radius 2 is 2.31 bits per heavy atom. The fraction of sp³-hybridized carbons (Fsp3) is 0.364. The highest BCUT2D eigenvalue weighted by Gasteiger charge is 2.05. The number of nitriles is 1. The Balaban J connectivity index is 2.93. The molecule has 1 aromatic heterocycles. The molecule has 0 atom stereocenters. The third-order valence-corrected chi connectivity index (χ3v) is 1.67. The lowest BCUT2D eigenvalue weighted by molar-refractivity contribution is 0.271. The van der Waals surface area contributed by atoms with Gasteiger partial charge >= 0.3 is 6.01 Å². The zero-order valence-corrected chi connectivity index (χ0v) is 9.30. The van der Waals surface area contributed by atoms with Crippen molar-refractivity contribution >= 4 is 5.57 Å². The van der Waals surface area contributed by atoms with Crippen molar-refractivity contribution < 1.29 is 9.47 Å². The van der Waals surface area contributed by atoms with E-state index in [1.54, 1.807) is 12.3 Å². The molecule has 5 nitrogen and oxygen atoms in total. The lowest BCUT2D eigenvalue weighted by atomic mass is 10.2. The molecule has 0 aliphatic carbocycles. The maximum Gasteiger partial charge on any atom is 0.316 e. The van der Waals surface area contributed by atoms with Crippen LogP contribution >= 0.6 is 0 Å². The van der Waals surface area contributed by atoms with Gasteiger partial charge < -0.3 is 9.47 Å². The maximum absolute atomic E-state index is 8.93. The second-order valence-corrected chi connectivity index (χ2v) is 2.76. The van der Waals surface area contributed by atoms with Crippen LogP contribution in [0.3, 0.4) is 0 Å². The van der Waals surface area contributed by atoms with Gasteiger partial charge in [0.25, 0.3) is 0 Å². The Morgan fingerprint density at radius 3 is 2.94 bits per heavy atom. The number of aromatic nitrogens is 2. The Kier molecular flexibility index (Phi) is 4.80. The number of hydrogen-bond donors (Lipinski definition) is 0. The molecule has 0 saturated heterocycles. The molecule has 1 heterocycles. The minimum Gasteiger partial charge on any atom is -0.500 e. The molecule has 0 fully saturated rings. The van der Waals surface area contributed by atoms with Crippen LogP contribution in [0.1, 0.15) is 19.5 Å². The van der Waals surface area contributed by atoms with Crippen LogP contribution in [0.4, 0.5) is 0 Å². The van der Waals surface area contributed by atoms with Crippen molar-refractivity contribution in [3.8, 4) is 12.1 Å². The predicted molar refractivity (Wildman–Crippen MR) is 58.4 cm³/mol. The van der Waals surface area contributed by atoms with Crippen LogP contribution < -0.4 is 4.74 Å². The molecule has 0 amide bonds. The molecule has 1 rings (SSSR count). The minimum absolute atomic E-state index is 0.262. The molecule has 0 aromatic carbocycles. The van der Waals surface area contributed by atoms with Crippen LogP contribution in [0, 0.1) is 11.3 Å². The molecule has 0 unspecified atom stereocenters. The summed E-state index contributed by atoms with van der Waals surface area (Å²) in [5.74, 6) is 0. The Bertz CT molecular complexity index is 410. The first kappa shape index (κ1) is 12.0. The normalized spacial score (nSPS) is 10.7. The molecule has 0 spiro atoms. The quantitative estimate of drug-likeness (QED) is 0.557. The summed E-state index contributed by atoms with van der Waals surface area (Å²) in [7, 11) is 0. The van der Waals surface area contributed by atoms with Crippen LogP contribution in [-0.4, -0.2) is 23.2 Å². The van der Waals surface area contributed by atoms with Crippen molar-refractivity contribution in [1.29, 1.82) is 5.26 Å². The first-order chi connectivity index (χ1) is 7.81. The summed E-state index contributed by atoms with van der Waals surface area (Å²) in [6.07, 6.45) is 2.93. The molecule has 5 heteroatoms. The van der Waals surface area contributed by atoms with E-state index in [0.717, 1.165) is 0 Å². The van der Waals surface area contributed by atoms with Crippen LogP contribution in [0.2, 0.25) is 0 Å². The van der Waals surface area contributed by atoms with E-state index < -0.39 is 0 Å². The minimum atomic E-state index is 0.262. The molecule has 16 heavy (non-hydrogen) atoms. The van der Waals surface area contributed by atoms with E-state index in [1.807, 2.05) is 19.9 Å². The summed E-state index contributed by atoms with van der Waals surface area (Å²) < 4.78 is 10.2. The molecule has 0 radical (unpaired) electrons. The number of allylic oxidation sites excluding steroid dienone is 1. The smallest absolute Gasteiger partial charge is 0.316 e. The first-order valence-corrected chi connectivity index (χ1v) is 4.99. The summed E-state index contributed by atoms with van der Waals surface area (Å²) in [5, 5.41) is 8.93. The van der Waals surface area contributed by atoms with Gasteiger partial charge in [-0.3, -0.25) is 0 Å². The summed E-state index contributed by atoms with van der Waals surface area (Å²) in [6.45, 7) is 4.68. The summed E-state index contributed by atoms with van der Waals surface area (Å²) in [5.41, 5.74) is 0.847. The van der Waals surface area contributed by atoms with Crippen molar-refractivity contribution in [3.63, 3.8) is 0 Å². The van der Waals surface area contributed by atoms with Gasteiger partial charge in [-0.2, -0.15) is 10.2 Å². The zero-order valence-electron chi connectivity index (χ0n) is 9.30. The van der Waals surface area contributed by atoms with E-state index in [0.29, 0.717) is 24.5 Å². The highest BCUT2D eigenvalue weighted by molar-refractivity contribution is 5.73. The second kappa shape index (κ2) is 6.40. The van der Waals surface area contributed by atoms with Crippen LogP contribution in [-0.2, 0) is 4.74 Å². The van der Waals surface area contributed by atoms with E-state index in [-0.39, 0.29) is 6.01 Å². The van der Waals surface area contributed by atoms with Gasteiger partial charge in [0, 0.05) is 6.20 Å². The molecular formula is C11H13N3O2. The molecule has 84 valence electrons. The van der Waals surface area contributed by atoms with Crippen LogP contribution in [0.25, 0.3) is 5.57 Å². The molecule has 0 aliphatic heterocycles. The predicted octanol–water partition coefficient (Wildman–Crippen LogP) is 1.78. The van der Waals surface area contributed by atoms with E-state index in [2.05, 4.69) is 9.97 Å². The monoisotopic (exact) mass is 219 g/mol. The van der Waals surface area contributed by atoms with Gasteiger partial charge in [-0.1, -0.05) is 0 Å². The SMILES string of the molecule is CCO/C=C(/C#N)c1ccnc(OCC)n1. The van der Waals surface area contributed by atoms with Gasteiger partial charge in [-0.25, -0.2) is 4.98 Å². The average Bonchev–Trinajstić information content (AvgIpc) is 2.31. The van der Waals surface area contributed by atoms with E-state index >= 15 is 0 Å². The summed E-state index contributed by atoms with van der Waals surface area (Å²) >= 11 is 0. The zero-order chi connectivity index (χ0) is 11.8. The summed E-state index contributed by atoms with van der Waals surface area (Å²) in [4.78, 5) is 8.00. The average molecular weight is 219 g/mol. The topological polar surface area (TPSA) is 68.0 Å². The van der Waals surface area contributed by atoms with Crippen molar-refractivity contribution in [2.45, 2.75) is 13.8 Å². The fourth-order valence-corrected chi connectivity index (χ4v) is 1.00. The number of rotatable bonds is 5. The van der Waals surface area contributed by atoms with E-state index in [9.17, 15) is 0 Å². The lowest BCUT2D eigenvalue weighted by Crippen LogP contribution is -1.99. The largest absolute Gasteiger partial charge is 0.500 e. The number of ether oxygens (including phenoxy) is 2. The Labute approximate surface area is 94.4 Å². The highest BCUT2D eigenvalue weighted by Crippen LogP contribution is 2.12.